The van der Waals surface area contributed by atoms with E-state index in [1.165, 1.54) is 25.7 Å². The number of anilines is 1. The van der Waals surface area contributed by atoms with E-state index in [2.05, 4.69) is 27.2 Å². The zero-order valence-corrected chi connectivity index (χ0v) is 23.1. The first-order valence-electron chi connectivity index (χ1n) is 15.0. The molecule has 0 bridgehead atoms. The molecule has 0 aromatic carbocycles. The molecule has 2 unspecified atom stereocenters. The first-order chi connectivity index (χ1) is 19.0. The van der Waals surface area contributed by atoms with Gasteiger partial charge in [-0.25, -0.2) is 4.98 Å². The van der Waals surface area contributed by atoms with Gasteiger partial charge >= 0.3 is 12.0 Å². The normalized spacial score (nSPS) is 23.0. The van der Waals surface area contributed by atoms with Gasteiger partial charge in [0, 0.05) is 6.42 Å². The zero-order chi connectivity index (χ0) is 27.2. The molecule has 1 saturated heterocycles. The number of amides is 1. The lowest BCUT2D eigenvalue weighted by Crippen LogP contribution is -2.30. The largest absolute Gasteiger partial charge is 0.463 e. The number of fused-ring (bicyclic) bond motifs is 1. The number of carbonyl (C=O) groups excluding carboxylic acids is 2. The van der Waals surface area contributed by atoms with Gasteiger partial charge in [0.05, 0.1) is 18.3 Å². The lowest BCUT2D eigenvalue weighted by atomic mass is 9.69. The smallest absolute Gasteiger partial charge is 0.312 e. The fourth-order valence-corrected chi connectivity index (χ4v) is 6.67. The third-order valence-electron chi connectivity index (χ3n) is 9.01. The fraction of sp³-hybridized carbons (Fsp3) is 0.759. The van der Waals surface area contributed by atoms with Gasteiger partial charge in [-0.15, -0.1) is 0 Å². The second-order valence-corrected chi connectivity index (χ2v) is 11.8. The summed E-state index contributed by atoms with van der Waals surface area (Å²) < 4.78 is 27.8. The highest BCUT2D eigenvalue weighted by atomic mass is 19.1. The Morgan fingerprint density at radius 3 is 2.62 bits per heavy atom. The summed E-state index contributed by atoms with van der Waals surface area (Å²) >= 11 is 0. The van der Waals surface area contributed by atoms with Gasteiger partial charge in [0.1, 0.15) is 12.8 Å². The van der Waals surface area contributed by atoms with E-state index in [9.17, 15) is 14.0 Å². The van der Waals surface area contributed by atoms with Crippen molar-refractivity contribution in [2.45, 2.75) is 122 Å². The Balaban J connectivity index is 1.12. The summed E-state index contributed by atoms with van der Waals surface area (Å²) in [5, 5.41) is 2.70. The minimum atomic E-state index is -0.933. The minimum Gasteiger partial charge on any atom is -0.463 e. The van der Waals surface area contributed by atoms with Gasteiger partial charge in [-0.2, -0.15) is 14.4 Å². The van der Waals surface area contributed by atoms with Crippen molar-refractivity contribution in [3.8, 4) is 0 Å². The molecule has 2 aliphatic carbocycles. The number of imidazole rings is 1. The van der Waals surface area contributed by atoms with E-state index >= 15 is 0 Å². The van der Waals surface area contributed by atoms with Crippen molar-refractivity contribution in [3.05, 3.63) is 12.4 Å². The highest BCUT2D eigenvalue weighted by molar-refractivity contribution is 5.96. The van der Waals surface area contributed by atoms with Crippen LogP contribution in [0.2, 0.25) is 0 Å². The van der Waals surface area contributed by atoms with Crippen molar-refractivity contribution in [1.82, 2.24) is 19.5 Å². The Bertz CT molecular complexity index is 1140. The van der Waals surface area contributed by atoms with Crippen LogP contribution in [-0.4, -0.2) is 44.1 Å². The molecule has 1 amide bonds. The number of nitrogens with one attached hydrogen (secondary N) is 1. The topological polar surface area (TPSA) is 108 Å². The molecule has 214 valence electrons. The highest BCUT2D eigenvalue weighted by Crippen LogP contribution is 2.50. The molecule has 3 heterocycles. The van der Waals surface area contributed by atoms with Gasteiger partial charge in [0.15, 0.2) is 17.0 Å². The molecule has 1 aliphatic heterocycles. The van der Waals surface area contributed by atoms with Crippen molar-refractivity contribution in [2.75, 3.05) is 11.9 Å². The van der Waals surface area contributed by atoms with Crippen molar-refractivity contribution in [2.24, 2.45) is 11.3 Å². The maximum Gasteiger partial charge on any atom is 0.312 e. The van der Waals surface area contributed by atoms with Crippen LogP contribution in [0.4, 0.5) is 10.2 Å². The average Bonchev–Trinajstić information content (AvgIpc) is 3.68. The lowest BCUT2D eigenvalue weighted by Gasteiger charge is -2.36. The van der Waals surface area contributed by atoms with Gasteiger partial charge in [0.25, 0.3) is 0 Å². The van der Waals surface area contributed by atoms with E-state index in [0.717, 1.165) is 57.8 Å². The molecule has 3 fully saturated rings. The maximum atomic E-state index is 14.3. The van der Waals surface area contributed by atoms with Gasteiger partial charge in [-0.05, 0) is 63.2 Å². The van der Waals surface area contributed by atoms with Gasteiger partial charge in [0.2, 0.25) is 5.91 Å². The molecule has 2 saturated carbocycles. The number of halogens is 1. The first-order valence-corrected chi connectivity index (χ1v) is 15.0. The van der Waals surface area contributed by atoms with Crippen LogP contribution >= 0.6 is 0 Å². The third kappa shape index (κ3) is 6.76. The Morgan fingerprint density at radius 2 is 1.85 bits per heavy atom. The first kappa shape index (κ1) is 27.9. The van der Waals surface area contributed by atoms with Crippen LogP contribution < -0.4 is 5.32 Å². The van der Waals surface area contributed by atoms with Gasteiger partial charge < -0.3 is 14.8 Å². The molecular formula is C29H42FN5O4. The van der Waals surface area contributed by atoms with Gasteiger partial charge in [-0.1, -0.05) is 45.4 Å². The second-order valence-electron chi connectivity index (χ2n) is 11.8. The molecule has 39 heavy (non-hydrogen) atoms. The fourth-order valence-electron chi connectivity index (χ4n) is 6.67. The standard InChI is InChI=1S/C29H42FN5O4/c1-2-3-4-5-6-9-22(36)32-25-24-26(34-28(30)33-25)35(19-31-24)23-11-10-21(39-23)18-38-27(37)20-12-16-29(17-13-20)14-7-8-15-29/h19-21,23H,2-18H2,1H3,(H,32,33,34,36). The summed E-state index contributed by atoms with van der Waals surface area (Å²) in [5.74, 6) is -0.250. The van der Waals surface area contributed by atoms with Crippen LogP contribution in [0.3, 0.4) is 0 Å². The number of unbranched alkanes of at least 4 members (excludes halogenated alkanes) is 4. The molecule has 1 spiro atoms. The number of nitrogens with zero attached hydrogens (tertiary/aromatic N) is 4. The Labute approximate surface area is 229 Å². The summed E-state index contributed by atoms with van der Waals surface area (Å²) in [4.78, 5) is 37.2. The van der Waals surface area contributed by atoms with Gasteiger partial charge in [-0.3, -0.25) is 14.2 Å². The van der Waals surface area contributed by atoms with Crippen molar-refractivity contribution in [3.63, 3.8) is 0 Å². The number of carbonyl (C=O) groups is 2. The third-order valence-corrected chi connectivity index (χ3v) is 9.01. The average molecular weight is 544 g/mol. The number of ether oxygens (including phenoxy) is 2. The number of esters is 1. The van der Waals surface area contributed by atoms with Crippen molar-refractivity contribution in [1.29, 1.82) is 0 Å². The summed E-state index contributed by atoms with van der Waals surface area (Å²) in [7, 11) is 0. The van der Waals surface area contributed by atoms with Crippen LogP contribution in [0.1, 0.15) is 116 Å². The maximum absolute atomic E-state index is 14.3. The molecule has 0 radical (unpaired) electrons. The van der Waals surface area contributed by atoms with E-state index < -0.39 is 12.3 Å². The second kappa shape index (κ2) is 12.7. The molecule has 9 nitrogen and oxygen atoms in total. The Morgan fingerprint density at radius 1 is 1.08 bits per heavy atom. The van der Waals surface area contributed by atoms with E-state index in [1.807, 2.05) is 0 Å². The molecular weight excluding hydrogens is 501 g/mol. The van der Waals surface area contributed by atoms with E-state index in [4.69, 9.17) is 9.47 Å². The van der Waals surface area contributed by atoms with E-state index in [0.29, 0.717) is 30.2 Å². The van der Waals surface area contributed by atoms with Crippen LogP contribution in [0.15, 0.2) is 6.33 Å². The predicted octanol–water partition coefficient (Wildman–Crippen LogP) is 6.24. The lowest BCUT2D eigenvalue weighted by molar-refractivity contribution is -0.155. The molecule has 10 heteroatoms. The Hall–Kier alpha value is -2.62. The Kier molecular flexibility index (Phi) is 9.10. The summed E-state index contributed by atoms with van der Waals surface area (Å²) in [6.45, 7) is 2.36. The number of hydrogen-bond acceptors (Lipinski definition) is 7. The van der Waals surface area contributed by atoms with Crippen molar-refractivity contribution >= 4 is 28.9 Å². The summed E-state index contributed by atoms with van der Waals surface area (Å²) in [5.41, 5.74) is 1.09. The number of rotatable bonds is 11. The zero-order valence-electron chi connectivity index (χ0n) is 23.1. The molecule has 2 atom stereocenters. The molecule has 5 rings (SSSR count). The summed E-state index contributed by atoms with van der Waals surface area (Å²) in [6, 6.07) is 0. The van der Waals surface area contributed by atoms with Crippen molar-refractivity contribution < 1.29 is 23.5 Å². The molecule has 2 aromatic rings. The number of aromatic nitrogens is 4. The molecule has 3 aliphatic rings. The quantitative estimate of drug-likeness (QED) is 0.203. The highest BCUT2D eigenvalue weighted by Gasteiger charge is 2.40. The SMILES string of the molecule is CCCCCCCC(=O)Nc1nc(F)nc2c1ncn2C1CCC(COC(=O)C2CCC3(CCCC3)CC2)O1. The molecule has 1 N–H and O–H groups in total. The minimum absolute atomic E-state index is 0.00401. The van der Waals surface area contributed by atoms with Crippen LogP contribution in [0.5, 0.6) is 0 Å². The summed E-state index contributed by atoms with van der Waals surface area (Å²) in [6.07, 6.45) is 16.3. The van der Waals surface area contributed by atoms with Crippen LogP contribution in [0.25, 0.3) is 11.2 Å². The monoisotopic (exact) mass is 543 g/mol. The molecule has 2 aromatic heterocycles. The van der Waals surface area contributed by atoms with E-state index in [-0.39, 0.29) is 42.0 Å². The predicted molar refractivity (Wildman–Crippen MR) is 144 cm³/mol. The number of hydrogen-bond donors (Lipinski definition) is 1. The van der Waals surface area contributed by atoms with Crippen LogP contribution in [-0.2, 0) is 19.1 Å². The van der Waals surface area contributed by atoms with Crippen LogP contribution in [0, 0.1) is 17.4 Å². The van der Waals surface area contributed by atoms with E-state index in [1.54, 1.807) is 10.9 Å².